The van der Waals surface area contributed by atoms with E-state index in [0.29, 0.717) is 6.42 Å². The zero-order valence-corrected chi connectivity index (χ0v) is 9.57. The second-order valence-corrected chi connectivity index (χ2v) is 4.27. The molecule has 0 aromatic carbocycles. The fourth-order valence-corrected chi connectivity index (χ4v) is 0.931. The van der Waals surface area contributed by atoms with Crippen molar-refractivity contribution in [3.63, 3.8) is 0 Å². The lowest BCUT2D eigenvalue weighted by molar-refractivity contribution is -0.483. The van der Waals surface area contributed by atoms with Crippen molar-refractivity contribution < 1.29 is 14.5 Å². The molecule has 0 saturated carbocycles. The quantitative estimate of drug-likeness (QED) is 0.573. The summed E-state index contributed by atoms with van der Waals surface area (Å²) in [7, 11) is 0. The molecule has 0 heterocycles. The van der Waals surface area contributed by atoms with Gasteiger partial charge in [0, 0.05) is 4.92 Å². The predicted molar refractivity (Wildman–Crippen MR) is 55.3 cm³/mol. The first kappa shape index (κ1) is 13.7. The standard InChI is InChI=1S/C9H18N2O4/c1-5-7(6-11(13)14)10-8(12)15-9(2,3)4/h7H,5-6H2,1-4H3,(H,10,12)/t7-/m1/s1. The minimum atomic E-state index is -0.615. The summed E-state index contributed by atoms with van der Waals surface area (Å²) in [5.41, 5.74) is -0.586. The van der Waals surface area contributed by atoms with Crippen LogP contribution in [-0.2, 0) is 4.74 Å². The van der Waals surface area contributed by atoms with E-state index < -0.39 is 22.7 Å². The highest BCUT2D eigenvalue weighted by molar-refractivity contribution is 5.68. The van der Waals surface area contributed by atoms with Crippen LogP contribution in [-0.4, -0.2) is 29.2 Å². The number of nitro groups is 1. The molecule has 0 bridgehead atoms. The average Bonchev–Trinajstić information content (AvgIpc) is 1.98. The molecule has 0 fully saturated rings. The Morgan fingerprint density at radius 2 is 2.07 bits per heavy atom. The summed E-state index contributed by atoms with van der Waals surface area (Å²) >= 11 is 0. The van der Waals surface area contributed by atoms with Crippen LogP contribution >= 0.6 is 0 Å². The first-order valence-corrected chi connectivity index (χ1v) is 4.86. The highest BCUT2D eigenvalue weighted by atomic mass is 16.6. The molecule has 0 radical (unpaired) electrons. The number of carbonyl (C=O) groups excluding carboxylic acids is 1. The zero-order chi connectivity index (χ0) is 12.1. The van der Waals surface area contributed by atoms with E-state index in [2.05, 4.69) is 5.32 Å². The topological polar surface area (TPSA) is 81.5 Å². The van der Waals surface area contributed by atoms with Crippen molar-refractivity contribution >= 4 is 6.09 Å². The van der Waals surface area contributed by atoms with Crippen LogP contribution in [0.25, 0.3) is 0 Å². The van der Waals surface area contributed by atoms with Crippen LogP contribution in [0.1, 0.15) is 34.1 Å². The Kier molecular flexibility index (Phi) is 5.04. The molecule has 0 aliphatic rings. The molecular weight excluding hydrogens is 200 g/mol. The van der Waals surface area contributed by atoms with Gasteiger partial charge in [-0.05, 0) is 27.2 Å². The highest BCUT2D eigenvalue weighted by Gasteiger charge is 2.20. The smallest absolute Gasteiger partial charge is 0.408 e. The minimum absolute atomic E-state index is 0.282. The molecule has 0 aromatic rings. The van der Waals surface area contributed by atoms with Crippen LogP contribution in [0, 0.1) is 10.1 Å². The van der Waals surface area contributed by atoms with E-state index in [1.54, 1.807) is 27.7 Å². The maximum absolute atomic E-state index is 11.3. The predicted octanol–water partition coefficient (Wildman–Crippen LogP) is 1.57. The summed E-state index contributed by atoms with van der Waals surface area (Å²) in [5.74, 6) is 0. The van der Waals surface area contributed by atoms with Crippen molar-refractivity contribution in [2.45, 2.75) is 45.8 Å². The number of nitrogens with zero attached hydrogens (tertiary/aromatic N) is 1. The van der Waals surface area contributed by atoms with Crippen molar-refractivity contribution in [1.82, 2.24) is 5.32 Å². The minimum Gasteiger partial charge on any atom is -0.444 e. The molecule has 6 nitrogen and oxygen atoms in total. The molecule has 0 spiro atoms. The lowest BCUT2D eigenvalue weighted by atomic mass is 10.2. The van der Waals surface area contributed by atoms with Crippen molar-refractivity contribution in [2.24, 2.45) is 0 Å². The summed E-state index contributed by atoms with van der Waals surface area (Å²) < 4.78 is 4.98. The first-order valence-electron chi connectivity index (χ1n) is 4.86. The van der Waals surface area contributed by atoms with E-state index in [0.717, 1.165) is 0 Å². The van der Waals surface area contributed by atoms with E-state index in [4.69, 9.17) is 4.74 Å². The molecule has 15 heavy (non-hydrogen) atoms. The van der Waals surface area contributed by atoms with E-state index in [9.17, 15) is 14.9 Å². The second-order valence-electron chi connectivity index (χ2n) is 4.27. The van der Waals surface area contributed by atoms with Gasteiger partial charge in [0.1, 0.15) is 5.60 Å². The van der Waals surface area contributed by atoms with Crippen LogP contribution in [0.3, 0.4) is 0 Å². The van der Waals surface area contributed by atoms with Crippen LogP contribution in [0.2, 0.25) is 0 Å². The zero-order valence-electron chi connectivity index (χ0n) is 9.57. The van der Waals surface area contributed by atoms with Gasteiger partial charge >= 0.3 is 6.09 Å². The molecule has 0 aromatic heterocycles. The maximum Gasteiger partial charge on any atom is 0.408 e. The Labute approximate surface area is 89.1 Å². The molecule has 0 aliphatic heterocycles. The molecule has 6 heteroatoms. The van der Waals surface area contributed by atoms with Gasteiger partial charge in [0.2, 0.25) is 6.54 Å². The van der Waals surface area contributed by atoms with Crippen molar-refractivity contribution in [2.75, 3.05) is 6.54 Å². The highest BCUT2D eigenvalue weighted by Crippen LogP contribution is 2.07. The fourth-order valence-electron chi connectivity index (χ4n) is 0.931. The summed E-state index contributed by atoms with van der Waals surface area (Å²) in [4.78, 5) is 21.0. The van der Waals surface area contributed by atoms with Crippen LogP contribution in [0.5, 0.6) is 0 Å². The second kappa shape index (κ2) is 5.53. The van der Waals surface area contributed by atoms with Crippen molar-refractivity contribution in [3.05, 3.63) is 10.1 Å². The number of nitrogens with one attached hydrogen (secondary N) is 1. The number of hydrogen-bond acceptors (Lipinski definition) is 4. The third-order valence-corrected chi connectivity index (χ3v) is 1.58. The van der Waals surface area contributed by atoms with Gasteiger partial charge in [-0.3, -0.25) is 10.1 Å². The number of hydrogen-bond donors (Lipinski definition) is 1. The lowest BCUT2D eigenvalue weighted by Crippen LogP contribution is -2.42. The Balaban J connectivity index is 4.07. The molecule has 0 unspecified atom stereocenters. The summed E-state index contributed by atoms with van der Waals surface area (Å²) in [6.07, 6.45) is -0.114. The molecule has 1 N–H and O–H groups in total. The number of carbonyl (C=O) groups is 1. The third kappa shape index (κ3) is 7.72. The van der Waals surface area contributed by atoms with Crippen LogP contribution < -0.4 is 5.32 Å². The van der Waals surface area contributed by atoms with Gasteiger partial charge in [-0.25, -0.2) is 4.79 Å². The largest absolute Gasteiger partial charge is 0.444 e. The van der Waals surface area contributed by atoms with Gasteiger partial charge in [0.15, 0.2) is 0 Å². The average molecular weight is 218 g/mol. The SMILES string of the molecule is CC[C@H](C[N+](=O)[O-])NC(=O)OC(C)(C)C. The normalized spacial score (nSPS) is 13.1. The van der Waals surface area contributed by atoms with Gasteiger partial charge in [-0.2, -0.15) is 0 Å². The Morgan fingerprint density at radius 3 is 2.40 bits per heavy atom. The third-order valence-electron chi connectivity index (χ3n) is 1.58. The molecule has 88 valence electrons. The van der Waals surface area contributed by atoms with E-state index in [1.807, 2.05) is 0 Å². The Morgan fingerprint density at radius 1 is 1.53 bits per heavy atom. The van der Waals surface area contributed by atoms with Gasteiger partial charge in [0.05, 0.1) is 6.04 Å². The number of ether oxygens (including phenoxy) is 1. The summed E-state index contributed by atoms with van der Waals surface area (Å²) in [5, 5.41) is 12.7. The number of amides is 1. The fraction of sp³-hybridized carbons (Fsp3) is 0.889. The Hall–Kier alpha value is -1.33. The van der Waals surface area contributed by atoms with E-state index in [-0.39, 0.29) is 6.54 Å². The van der Waals surface area contributed by atoms with E-state index in [1.165, 1.54) is 0 Å². The molecular formula is C9H18N2O4. The molecule has 1 amide bonds. The van der Waals surface area contributed by atoms with Crippen molar-refractivity contribution in [1.29, 1.82) is 0 Å². The number of alkyl carbamates (subject to hydrolysis) is 1. The van der Waals surface area contributed by atoms with Gasteiger partial charge in [0.25, 0.3) is 0 Å². The first-order chi connectivity index (χ1) is 6.74. The molecule has 0 rings (SSSR count). The number of rotatable bonds is 4. The molecule has 1 atom stereocenters. The summed E-state index contributed by atoms with van der Waals surface area (Å²) in [6.45, 7) is 6.70. The summed E-state index contributed by atoms with van der Waals surface area (Å²) in [6, 6.07) is -0.477. The van der Waals surface area contributed by atoms with Crippen LogP contribution in [0.15, 0.2) is 0 Å². The van der Waals surface area contributed by atoms with Gasteiger partial charge in [-0.1, -0.05) is 6.92 Å². The Bertz CT molecular complexity index is 235. The maximum atomic E-state index is 11.3. The lowest BCUT2D eigenvalue weighted by Gasteiger charge is -2.21. The molecule has 0 saturated heterocycles. The van der Waals surface area contributed by atoms with Gasteiger partial charge < -0.3 is 10.1 Å². The van der Waals surface area contributed by atoms with E-state index >= 15 is 0 Å². The van der Waals surface area contributed by atoms with Crippen molar-refractivity contribution in [3.8, 4) is 0 Å². The molecule has 0 aliphatic carbocycles. The van der Waals surface area contributed by atoms with Gasteiger partial charge in [-0.15, -0.1) is 0 Å². The van der Waals surface area contributed by atoms with Crippen LogP contribution in [0.4, 0.5) is 4.79 Å². The monoisotopic (exact) mass is 218 g/mol.